The van der Waals surface area contributed by atoms with Crippen LogP contribution in [-0.4, -0.2) is 27.8 Å². The van der Waals surface area contributed by atoms with Crippen LogP contribution in [0.15, 0.2) is 65.6 Å². The van der Waals surface area contributed by atoms with Crippen LogP contribution < -0.4 is 11.1 Å². The predicted octanol–water partition coefficient (Wildman–Crippen LogP) is 1.40. The van der Waals surface area contributed by atoms with Crippen molar-refractivity contribution in [3.05, 3.63) is 66.2 Å². The highest BCUT2D eigenvalue weighted by Gasteiger charge is 2.19. The number of carbonyl (C=O) groups excluding carboxylic acids is 2. The zero-order chi connectivity index (χ0) is 17.4. The van der Waals surface area contributed by atoms with Gasteiger partial charge in [0.2, 0.25) is 11.8 Å². The van der Waals surface area contributed by atoms with E-state index in [1.807, 2.05) is 36.4 Å². The van der Waals surface area contributed by atoms with Crippen LogP contribution in [-0.2, 0) is 26.8 Å². The molecule has 0 saturated heterocycles. The average molecular weight is 344 g/mol. The first-order valence-electron chi connectivity index (χ1n) is 7.62. The van der Waals surface area contributed by atoms with Crippen molar-refractivity contribution in [1.29, 1.82) is 0 Å². The van der Waals surface area contributed by atoms with E-state index in [1.54, 1.807) is 24.3 Å². The number of carbonyl (C=O) groups is 2. The van der Waals surface area contributed by atoms with Crippen molar-refractivity contribution < 1.29 is 13.8 Å². The Morgan fingerprint density at radius 2 is 1.58 bits per heavy atom. The van der Waals surface area contributed by atoms with Gasteiger partial charge in [-0.05, 0) is 24.1 Å². The third-order valence-electron chi connectivity index (χ3n) is 3.48. The highest BCUT2D eigenvalue weighted by molar-refractivity contribution is 7.85. The minimum atomic E-state index is -1.23. The first-order valence-corrected chi connectivity index (χ1v) is 8.94. The lowest BCUT2D eigenvalue weighted by atomic mass is 10.1. The van der Waals surface area contributed by atoms with Crippen molar-refractivity contribution in [2.24, 2.45) is 5.73 Å². The summed E-state index contributed by atoms with van der Waals surface area (Å²) in [5.41, 5.74) is 6.20. The molecule has 0 aliphatic carbocycles. The van der Waals surface area contributed by atoms with E-state index < -0.39 is 22.7 Å². The van der Waals surface area contributed by atoms with E-state index in [2.05, 4.69) is 5.32 Å². The molecule has 0 fully saturated rings. The van der Waals surface area contributed by atoms with Crippen LogP contribution in [0.25, 0.3) is 0 Å². The Balaban J connectivity index is 1.89. The largest absolute Gasteiger partial charge is 0.368 e. The van der Waals surface area contributed by atoms with Gasteiger partial charge in [0.15, 0.2) is 0 Å². The monoisotopic (exact) mass is 344 g/mol. The molecule has 2 amide bonds. The second kappa shape index (κ2) is 8.98. The molecule has 0 spiro atoms. The smallest absolute Gasteiger partial charge is 0.240 e. The molecule has 0 aromatic heterocycles. The molecule has 0 unspecified atom stereocenters. The number of rotatable bonds is 8. The van der Waals surface area contributed by atoms with Gasteiger partial charge in [0.05, 0.1) is 17.2 Å². The van der Waals surface area contributed by atoms with Crippen molar-refractivity contribution in [3.63, 3.8) is 0 Å². The summed E-state index contributed by atoms with van der Waals surface area (Å²) in [5, 5.41) is 2.62. The van der Waals surface area contributed by atoms with Crippen molar-refractivity contribution in [2.45, 2.75) is 23.8 Å². The third kappa shape index (κ3) is 5.62. The molecular formula is C18H20N2O3S. The Kier molecular flexibility index (Phi) is 6.69. The molecule has 0 radical (unpaired) electrons. The predicted molar refractivity (Wildman–Crippen MR) is 93.6 cm³/mol. The molecule has 0 aliphatic heterocycles. The second-order valence-electron chi connectivity index (χ2n) is 5.34. The maximum atomic E-state index is 12.2. The number of amides is 2. The van der Waals surface area contributed by atoms with Crippen LogP contribution >= 0.6 is 0 Å². The van der Waals surface area contributed by atoms with Gasteiger partial charge in [0, 0.05) is 10.6 Å². The maximum absolute atomic E-state index is 12.2. The highest BCUT2D eigenvalue weighted by atomic mass is 32.2. The first-order chi connectivity index (χ1) is 11.6. The minimum Gasteiger partial charge on any atom is -0.368 e. The number of hydrogen-bond acceptors (Lipinski definition) is 3. The van der Waals surface area contributed by atoms with Crippen molar-refractivity contribution >= 4 is 22.6 Å². The fraction of sp³-hybridized carbons (Fsp3) is 0.222. The van der Waals surface area contributed by atoms with E-state index in [0.717, 1.165) is 5.56 Å². The summed E-state index contributed by atoms with van der Waals surface area (Å²) < 4.78 is 12.2. The Bertz CT molecular complexity index is 705. The maximum Gasteiger partial charge on any atom is 0.240 e. The number of nitrogens with two attached hydrogens (primary N) is 1. The molecule has 2 atom stereocenters. The number of primary amides is 1. The van der Waals surface area contributed by atoms with Crippen molar-refractivity contribution in [2.75, 3.05) is 5.75 Å². The van der Waals surface area contributed by atoms with E-state index in [1.165, 1.54) is 0 Å². The van der Waals surface area contributed by atoms with Gasteiger partial charge in [-0.1, -0.05) is 48.5 Å². The van der Waals surface area contributed by atoms with Gasteiger partial charge < -0.3 is 11.1 Å². The zero-order valence-corrected chi connectivity index (χ0v) is 14.0. The topological polar surface area (TPSA) is 89.3 Å². The summed E-state index contributed by atoms with van der Waals surface area (Å²) in [4.78, 5) is 24.3. The molecule has 2 rings (SSSR count). The third-order valence-corrected chi connectivity index (χ3v) is 4.89. The van der Waals surface area contributed by atoms with Gasteiger partial charge in [-0.25, -0.2) is 0 Å². The van der Waals surface area contributed by atoms with E-state index in [0.29, 0.717) is 4.90 Å². The summed E-state index contributed by atoms with van der Waals surface area (Å²) in [5.74, 6) is -0.652. The molecule has 6 heteroatoms. The molecule has 0 saturated carbocycles. The molecule has 126 valence electrons. The first kappa shape index (κ1) is 17.9. The molecule has 5 nitrogen and oxygen atoms in total. The lowest BCUT2D eigenvalue weighted by Gasteiger charge is -2.15. The van der Waals surface area contributed by atoms with Gasteiger partial charge in [-0.15, -0.1) is 0 Å². The molecule has 0 heterocycles. The summed E-state index contributed by atoms with van der Waals surface area (Å²) in [6.07, 6.45) is 0.407. The quantitative estimate of drug-likeness (QED) is 0.758. The number of benzene rings is 2. The van der Waals surface area contributed by atoms with Crippen LogP contribution in [0, 0.1) is 0 Å². The van der Waals surface area contributed by atoms with Gasteiger partial charge in [-0.2, -0.15) is 0 Å². The molecule has 2 aromatic carbocycles. The Labute approximate surface area is 143 Å². The Morgan fingerprint density at radius 1 is 1.00 bits per heavy atom. The summed E-state index contributed by atoms with van der Waals surface area (Å²) in [7, 11) is -1.23. The van der Waals surface area contributed by atoms with Gasteiger partial charge in [0.1, 0.15) is 6.04 Å². The SMILES string of the molecule is NC(=O)[C@H](CC[S@@](=O)c1ccccc1)NC(=O)Cc1ccccc1. The number of hydrogen-bond donors (Lipinski definition) is 2. The standard InChI is InChI=1S/C18H20N2O3S/c19-18(22)16(11-12-24(23)15-9-5-2-6-10-15)20-17(21)13-14-7-3-1-4-8-14/h1-10,16H,11-13H2,(H2,19,22)(H,20,21)/t16-,24+/m0/s1. The van der Waals surface area contributed by atoms with E-state index in [-0.39, 0.29) is 24.5 Å². The van der Waals surface area contributed by atoms with Gasteiger partial charge in [-0.3, -0.25) is 13.8 Å². The van der Waals surface area contributed by atoms with Crippen LogP contribution in [0.4, 0.5) is 0 Å². The molecule has 0 bridgehead atoms. The average Bonchev–Trinajstić information content (AvgIpc) is 2.59. The molecule has 2 aromatic rings. The normalized spacial score (nSPS) is 13.0. The number of nitrogens with one attached hydrogen (secondary N) is 1. The van der Waals surface area contributed by atoms with Crippen LogP contribution in [0.2, 0.25) is 0 Å². The Morgan fingerprint density at radius 3 is 2.17 bits per heavy atom. The van der Waals surface area contributed by atoms with E-state index in [4.69, 9.17) is 5.73 Å². The van der Waals surface area contributed by atoms with Crippen LogP contribution in [0.5, 0.6) is 0 Å². The van der Waals surface area contributed by atoms with Gasteiger partial charge in [0.25, 0.3) is 0 Å². The fourth-order valence-electron chi connectivity index (χ4n) is 2.23. The summed E-state index contributed by atoms with van der Waals surface area (Å²) in [6.45, 7) is 0. The lowest BCUT2D eigenvalue weighted by Crippen LogP contribution is -2.45. The molecule has 24 heavy (non-hydrogen) atoms. The van der Waals surface area contributed by atoms with Gasteiger partial charge >= 0.3 is 0 Å². The summed E-state index contributed by atoms with van der Waals surface area (Å²) in [6, 6.07) is 17.4. The van der Waals surface area contributed by atoms with Crippen LogP contribution in [0.3, 0.4) is 0 Å². The van der Waals surface area contributed by atoms with E-state index >= 15 is 0 Å². The zero-order valence-electron chi connectivity index (χ0n) is 13.2. The summed E-state index contributed by atoms with van der Waals surface area (Å²) >= 11 is 0. The molecule has 3 N–H and O–H groups in total. The highest BCUT2D eigenvalue weighted by Crippen LogP contribution is 2.08. The Hall–Kier alpha value is -2.47. The molecular weight excluding hydrogens is 324 g/mol. The van der Waals surface area contributed by atoms with E-state index in [9.17, 15) is 13.8 Å². The minimum absolute atomic E-state index is 0.173. The second-order valence-corrected chi connectivity index (χ2v) is 6.91. The van der Waals surface area contributed by atoms with Crippen molar-refractivity contribution in [3.8, 4) is 0 Å². The lowest BCUT2D eigenvalue weighted by molar-refractivity contribution is -0.127. The van der Waals surface area contributed by atoms with Crippen LogP contribution in [0.1, 0.15) is 12.0 Å². The van der Waals surface area contributed by atoms with Crippen molar-refractivity contribution in [1.82, 2.24) is 5.32 Å². The molecule has 0 aliphatic rings. The fourth-order valence-corrected chi connectivity index (χ4v) is 3.37.